The molecule has 0 aliphatic rings. The summed E-state index contributed by atoms with van der Waals surface area (Å²) in [6.07, 6.45) is 0.868. The number of aliphatic hydroxyl groups is 1. The van der Waals surface area contributed by atoms with Gasteiger partial charge < -0.3 is 10.4 Å². The molecule has 1 aromatic carbocycles. The summed E-state index contributed by atoms with van der Waals surface area (Å²) in [5.74, 6) is 2.06. The summed E-state index contributed by atoms with van der Waals surface area (Å²) in [5, 5.41) is 13.3. The maximum atomic E-state index is 8.66. The largest absolute Gasteiger partial charge is 0.396 e. The molecule has 0 amide bonds. The Morgan fingerprint density at radius 3 is 2.72 bits per heavy atom. The van der Waals surface area contributed by atoms with Crippen LogP contribution in [-0.4, -0.2) is 29.8 Å². The molecule has 1 atom stereocenters. The number of rotatable bonds is 8. The molecule has 0 aliphatic carbocycles. The van der Waals surface area contributed by atoms with Gasteiger partial charge in [0.2, 0.25) is 0 Å². The minimum Gasteiger partial charge on any atom is -0.396 e. The van der Waals surface area contributed by atoms with Crippen molar-refractivity contribution in [1.29, 1.82) is 0 Å². The second kappa shape index (κ2) is 9.05. The summed E-state index contributed by atoms with van der Waals surface area (Å²) >= 11 is 13.7. The lowest BCUT2D eigenvalue weighted by Gasteiger charge is -2.14. The summed E-state index contributed by atoms with van der Waals surface area (Å²) in [7, 11) is 0. The summed E-state index contributed by atoms with van der Waals surface area (Å²) < 4.78 is 0. The van der Waals surface area contributed by atoms with Gasteiger partial charge >= 0.3 is 0 Å². The van der Waals surface area contributed by atoms with Crippen molar-refractivity contribution < 1.29 is 5.11 Å². The Labute approximate surface area is 123 Å². The van der Waals surface area contributed by atoms with E-state index in [-0.39, 0.29) is 12.6 Å². The van der Waals surface area contributed by atoms with Crippen LogP contribution in [0, 0.1) is 0 Å². The molecule has 0 saturated heterocycles. The Morgan fingerprint density at radius 1 is 1.28 bits per heavy atom. The third-order valence-corrected chi connectivity index (χ3v) is 4.40. The van der Waals surface area contributed by atoms with E-state index >= 15 is 0 Å². The van der Waals surface area contributed by atoms with Crippen molar-refractivity contribution in [2.75, 3.05) is 24.7 Å². The zero-order chi connectivity index (χ0) is 13.4. The predicted octanol–water partition coefficient (Wildman–Crippen LogP) is 3.76. The van der Waals surface area contributed by atoms with Gasteiger partial charge in [-0.3, -0.25) is 0 Å². The Balaban J connectivity index is 2.27. The van der Waals surface area contributed by atoms with Gasteiger partial charge in [0, 0.05) is 24.9 Å². The van der Waals surface area contributed by atoms with E-state index in [1.54, 1.807) is 0 Å². The number of aliphatic hydroxyl groups excluding tert-OH is 1. The molecular formula is C13H19Cl2NOS. The van der Waals surface area contributed by atoms with Crippen LogP contribution in [0.4, 0.5) is 0 Å². The number of hydrogen-bond donors (Lipinski definition) is 2. The van der Waals surface area contributed by atoms with E-state index in [0.717, 1.165) is 30.0 Å². The van der Waals surface area contributed by atoms with Crippen LogP contribution < -0.4 is 5.32 Å². The van der Waals surface area contributed by atoms with Crippen molar-refractivity contribution in [3.05, 3.63) is 33.8 Å². The number of halogens is 2. The Kier molecular flexibility index (Phi) is 8.11. The van der Waals surface area contributed by atoms with E-state index < -0.39 is 0 Å². The first kappa shape index (κ1) is 16.1. The second-order valence-electron chi connectivity index (χ2n) is 4.04. The van der Waals surface area contributed by atoms with Gasteiger partial charge in [-0.05, 0) is 36.8 Å². The maximum Gasteiger partial charge on any atom is 0.0595 e. The molecule has 1 unspecified atom stereocenters. The van der Waals surface area contributed by atoms with Gasteiger partial charge in [-0.1, -0.05) is 29.3 Å². The molecule has 102 valence electrons. The second-order valence-corrected chi connectivity index (χ2v) is 6.08. The van der Waals surface area contributed by atoms with Gasteiger partial charge in [0.1, 0.15) is 0 Å². The molecule has 0 saturated carbocycles. The molecular weight excluding hydrogens is 289 g/mol. The fourth-order valence-electron chi connectivity index (χ4n) is 1.52. The Morgan fingerprint density at radius 2 is 2.06 bits per heavy atom. The van der Waals surface area contributed by atoms with E-state index in [4.69, 9.17) is 28.3 Å². The zero-order valence-electron chi connectivity index (χ0n) is 10.5. The maximum absolute atomic E-state index is 8.66. The lowest BCUT2D eigenvalue weighted by molar-refractivity contribution is 0.296. The fourth-order valence-corrected chi connectivity index (χ4v) is 2.62. The van der Waals surface area contributed by atoms with Crippen LogP contribution in [-0.2, 0) is 0 Å². The molecule has 0 spiro atoms. The third-order valence-electron chi connectivity index (χ3n) is 2.59. The van der Waals surface area contributed by atoms with Crippen LogP contribution in [0.5, 0.6) is 0 Å². The molecule has 0 radical (unpaired) electrons. The predicted molar refractivity (Wildman–Crippen MR) is 81.9 cm³/mol. The van der Waals surface area contributed by atoms with Gasteiger partial charge in [-0.25, -0.2) is 0 Å². The first-order chi connectivity index (χ1) is 8.65. The average molecular weight is 308 g/mol. The zero-order valence-corrected chi connectivity index (χ0v) is 12.8. The van der Waals surface area contributed by atoms with Crippen molar-refractivity contribution in [3.8, 4) is 0 Å². The molecule has 1 rings (SSSR count). The van der Waals surface area contributed by atoms with E-state index in [9.17, 15) is 0 Å². The molecule has 2 nitrogen and oxygen atoms in total. The van der Waals surface area contributed by atoms with Gasteiger partial charge in [0.15, 0.2) is 0 Å². The molecule has 0 aromatic heterocycles. The summed E-state index contributed by atoms with van der Waals surface area (Å²) in [5.41, 5.74) is 1.14. The van der Waals surface area contributed by atoms with Crippen molar-refractivity contribution in [1.82, 2.24) is 5.32 Å². The molecule has 1 aromatic rings. The van der Waals surface area contributed by atoms with E-state index in [0.29, 0.717) is 10.0 Å². The van der Waals surface area contributed by atoms with Crippen LogP contribution >= 0.6 is 35.0 Å². The molecule has 2 N–H and O–H groups in total. The SMILES string of the molecule is CC(NCCSCCCO)c1ccc(Cl)c(Cl)c1. The summed E-state index contributed by atoms with van der Waals surface area (Å²) in [4.78, 5) is 0. The number of benzene rings is 1. The van der Waals surface area contributed by atoms with Crippen LogP contribution in [0.15, 0.2) is 18.2 Å². The highest BCUT2D eigenvalue weighted by Crippen LogP contribution is 2.25. The van der Waals surface area contributed by atoms with Crippen molar-refractivity contribution in [2.45, 2.75) is 19.4 Å². The molecule has 0 heterocycles. The molecule has 0 fully saturated rings. The molecule has 0 aliphatic heterocycles. The first-order valence-electron chi connectivity index (χ1n) is 6.02. The van der Waals surface area contributed by atoms with Gasteiger partial charge in [0.25, 0.3) is 0 Å². The monoisotopic (exact) mass is 307 g/mol. The van der Waals surface area contributed by atoms with E-state index in [1.807, 2.05) is 30.0 Å². The molecule has 5 heteroatoms. The molecule has 18 heavy (non-hydrogen) atoms. The highest BCUT2D eigenvalue weighted by Gasteiger charge is 2.06. The van der Waals surface area contributed by atoms with Gasteiger partial charge in [-0.15, -0.1) is 0 Å². The first-order valence-corrected chi connectivity index (χ1v) is 7.93. The lowest BCUT2D eigenvalue weighted by atomic mass is 10.1. The van der Waals surface area contributed by atoms with Crippen LogP contribution in [0.1, 0.15) is 24.9 Å². The van der Waals surface area contributed by atoms with Gasteiger partial charge in [0.05, 0.1) is 10.0 Å². The minimum absolute atomic E-state index is 0.262. The van der Waals surface area contributed by atoms with E-state index in [2.05, 4.69) is 12.2 Å². The van der Waals surface area contributed by atoms with Gasteiger partial charge in [-0.2, -0.15) is 11.8 Å². The highest BCUT2D eigenvalue weighted by molar-refractivity contribution is 7.99. The quantitative estimate of drug-likeness (QED) is 0.717. The summed E-state index contributed by atoms with van der Waals surface area (Å²) in [6.45, 7) is 3.33. The van der Waals surface area contributed by atoms with Crippen LogP contribution in [0.25, 0.3) is 0 Å². The normalized spacial score (nSPS) is 12.7. The lowest BCUT2D eigenvalue weighted by Crippen LogP contribution is -2.21. The smallest absolute Gasteiger partial charge is 0.0595 e. The highest BCUT2D eigenvalue weighted by atomic mass is 35.5. The number of nitrogens with one attached hydrogen (secondary N) is 1. The fraction of sp³-hybridized carbons (Fsp3) is 0.538. The van der Waals surface area contributed by atoms with Crippen LogP contribution in [0.2, 0.25) is 10.0 Å². The average Bonchev–Trinajstić information content (AvgIpc) is 2.36. The Bertz CT molecular complexity index is 363. The third kappa shape index (κ3) is 5.81. The summed E-state index contributed by atoms with van der Waals surface area (Å²) in [6, 6.07) is 5.98. The number of hydrogen-bond acceptors (Lipinski definition) is 3. The van der Waals surface area contributed by atoms with Crippen molar-refractivity contribution >= 4 is 35.0 Å². The van der Waals surface area contributed by atoms with Crippen LogP contribution in [0.3, 0.4) is 0 Å². The molecule has 0 bridgehead atoms. The topological polar surface area (TPSA) is 32.3 Å². The minimum atomic E-state index is 0.262. The van der Waals surface area contributed by atoms with Crippen molar-refractivity contribution in [3.63, 3.8) is 0 Å². The number of thioether (sulfide) groups is 1. The standard InChI is InChI=1S/C13H19Cl2NOS/c1-10(16-5-8-18-7-2-6-17)11-3-4-12(14)13(15)9-11/h3-4,9-10,16-17H,2,5-8H2,1H3. The van der Waals surface area contributed by atoms with Crippen molar-refractivity contribution in [2.24, 2.45) is 0 Å². The Hall–Kier alpha value is 0.0700. The van der Waals surface area contributed by atoms with E-state index in [1.165, 1.54) is 0 Å².